The molecule has 0 aliphatic heterocycles. The summed E-state index contributed by atoms with van der Waals surface area (Å²) >= 11 is 2.97. The third-order valence-corrected chi connectivity index (χ3v) is 2.82. The SMILES string of the molecule is CCOC(=O)Cc1cc(CN)c(C(F)F)c(Br)n1. The molecule has 0 saturated heterocycles. The van der Waals surface area contributed by atoms with Crippen molar-refractivity contribution >= 4 is 21.9 Å². The van der Waals surface area contributed by atoms with Crippen LogP contribution < -0.4 is 5.73 Å². The topological polar surface area (TPSA) is 65.2 Å². The second-order valence-electron chi connectivity index (χ2n) is 3.46. The second-order valence-corrected chi connectivity index (χ2v) is 4.21. The van der Waals surface area contributed by atoms with Crippen molar-refractivity contribution in [3.05, 3.63) is 27.5 Å². The maximum atomic E-state index is 12.8. The second kappa shape index (κ2) is 6.75. The summed E-state index contributed by atoms with van der Waals surface area (Å²) < 4.78 is 30.3. The van der Waals surface area contributed by atoms with Gasteiger partial charge in [0, 0.05) is 6.54 Å². The average Bonchev–Trinajstić information content (AvgIpc) is 2.27. The lowest BCUT2D eigenvalue weighted by Gasteiger charge is -2.11. The monoisotopic (exact) mass is 322 g/mol. The van der Waals surface area contributed by atoms with Gasteiger partial charge < -0.3 is 10.5 Å². The van der Waals surface area contributed by atoms with Gasteiger partial charge in [-0.05, 0) is 34.5 Å². The molecule has 1 aromatic rings. The minimum Gasteiger partial charge on any atom is -0.466 e. The summed E-state index contributed by atoms with van der Waals surface area (Å²) in [6.07, 6.45) is -2.73. The number of nitrogens with two attached hydrogens (primary N) is 1. The fraction of sp³-hybridized carbons (Fsp3) is 0.455. The molecule has 0 aliphatic carbocycles. The van der Waals surface area contributed by atoms with Crippen LogP contribution in [0, 0.1) is 0 Å². The van der Waals surface area contributed by atoms with Crippen LogP contribution in [0.15, 0.2) is 10.7 Å². The molecular weight excluding hydrogens is 310 g/mol. The van der Waals surface area contributed by atoms with E-state index in [0.717, 1.165) is 0 Å². The molecule has 18 heavy (non-hydrogen) atoms. The molecule has 0 amide bonds. The third kappa shape index (κ3) is 3.71. The van der Waals surface area contributed by atoms with Crippen molar-refractivity contribution in [2.45, 2.75) is 26.3 Å². The molecule has 0 fully saturated rings. The Labute approximate surface area is 112 Å². The number of esters is 1. The summed E-state index contributed by atoms with van der Waals surface area (Å²) in [5.74, 6) is -0.454. The normalized spacial score (nSPS) is 10.8. The van der Waals surface area contributed by atoms with Crippen LogP contribution in [-0.2, 0) is 22.5 Å². The van der Waals surface area contributed by atoms with Crippen LogP contribution in [0.25, 0.3) is 0 Å². The molecule has 0 unspecified atom stereocenters. The Balaban J connectivity index is 3.03. The minimum atomic E-state index is -2.66. The molecule has 4 nitrogen and oxygen atoms in total. The summed E-state index contributed by atoms with van der Waals surface area (Å²) in [6, 6.07) is 1.41. The van der Waals surface area contributed by atoms with Gasteiger partial charge in [0.15, 0.2) is 0 Å². The Morgan fingerprint density at radius 1 is 1.61 bits per heavy atom. The molecule has 7 heteroatoms. The molecule has 0 spiro atoms. The van der Waals surface area contributed by atoms with Crippen molar-refractivity contribution in [3.8, 4) is 0 Å². The number of aromatic nitrogens is 1. The molecule has 2 N–H and O–H groups in total. The number of halogens is 3. The highest BCUT2D eigenvalue weighted by Crippen LogP contribution is 2.29. The van der Waals surface area contributed by atoms with Gasteiger partial charge in [-0.15, -0.1) is 0 Å². The van der Waals surface area contributed by atoms with Gasteiger partial charge in [0.1, 0.15) is 4.60 Å². The minimum absolute atomic E-state index is 0.0137. The third-order valence-electron chi connectivity index (χ3n) is 2.22. The molecule has 0 aliphatic rings. The maximum Gasteiger partial charge on any atom is 0.311 e. The summed E-state index contributed by atoms with van der Waals surface area (Å²) in [4.78, 5) is 15.2. The van der Waals surface area contributed by atoms with Gasteiger partial charge in [0.25, 0.3) is 6.43 Å². The Hall–Kier alpha value is -1.08. The summed E-state index contributed by atoms with van der Waals surface area (Å²) in [6.45, 7) is 1.90. The Bertz CT molecular complexity index is 441. The van der Waals surface area contributed by atoms with Crippen molar-refractivity contribution in [1.82, 2.24) is 4.98 Å². The van der Waals surface area contributed by atoms with E-state index in [2.05, 4.69) is 20.9 Å². The quantitative estimate of drug-likeness (QED) is 0.667. The highest BCUT2D eigenvalue weighted by molar-refractivity contribution is 9.10. The van der Waals surface area contributed by atoms with Crippen molar-refractivity contribution in [3.63, 3.8) is 0 Å². The largest absolute Gasteiger partial charge is 0.466 e. The van der Waals surface area contributed by atoms with Gasteiger partial charge in [0.05, 0.1) is 24.3 Å². The van der Waals surface area contributed by atoms with Gasteiger partial charge in [-0.2, -0.15) is 0 Å². The molecule has 0 bridgehead atoms. The van der Waals surface area contributed by atoms with Crippen LogP contribution in [0.1, 0.15) is 30.2 Å². The van der Waals surface area contributed by atoms with Crippen molar-refractivity contribution in [1.29, 1.82) is 0 Å². The lowest BCUT2D eigenvalue weighted by atomic mass is 10.1. The molecule has 0 saturated carbocycles. The molecule has 1 aromatic heterocycles. The summed E-state index contributed by atoms with van der Waals surface area (Å²) in [5, 5.41) is 0. The molecule has 1 heterocycles. The summed E-state index contributed by atoms with van der Waals surface area (Å²) in [5.41, 5.74) is 5.81. The molecule has 0 radical (unpaired) electrons. The van der Waals surface area contributed by atoms with E-state index in [-0.39, 0.29) is 35.3 Å². The van der Waals surface area contributed by atoms with E-state index in [9.17, 15) is 13.6 Å². The summed E-state index contributed by atoms with van der Waals surface area (Å²) in [7, 11) is 0. The Kier molecular flexibility index (Phi) is 5.61. The van der Waals surface area contributed by atoms with E-state index in [1.54, 1.807) is 6.92 Å². The molecule has 0 atom stereocenters. The number of ether oxygens (including phenoxy) is 1. The molecule has 0 aromatic carbocycles. The zero-order valence-corrected chi connectivity index (χ0v) is 11.3. The lowest BCUT2D eigenvalue weighted by molar-refractivity contribution is -0.142. The Morgan fingerprint density at radius 2 is 2.28 bits per heavy atom. The number of nitrogens with zero attached hydrogens (tertiary/aromatic N) is 1. The van der Waals surface area contributed by atoms with Crippen molar-refractivity contribution < 1.29 is 18.3 Å². The van der Waals surface area contributed by atoms with E-state index in [0.29, 0.717) is 5.69 Å². The zero-order chi connectivity index (χ0) is 13.7. The van der Waals surface area contributed by atoms with Crippen molar-refractivity contribution in [2.75, 3.05) is 6.61 Å². The van der Waals surface area contributed by atoms with Crippen LogP contribution in [-0.4, -0.2) is 17.6 Å². The van der Waals surface area contributed by atoms with E-state index >= 15 is 0 Å². The predicted molar refractivity (Wildman–Crippen MR) is 65.1 cm³/mol. The maximum absolute atomic E-state index is 12.8. The predicted octanol–water partition coefficient (Wildman–Crippen LogP) is 2.35. The van der Waals surface area contributed by atoms with Crippen LogP contribution in [0.3, 0.4) is 0 Å². The number of alkyl halides is 2. The lowest BCUT2D eigenvalue weighted by Crippen LogP contribution is -2.12. The molecule has 1 rings (SSSR count). The van der Waals surface area contributed by atoms with Gasteiger partial charge >= 0.3 is 5.97 Å². The van der Waals surface area contributed by atoms with Gasteiger partial charge in [-0.1, -0.05) is 0 Å². The van der Waals surface area contributed by atoms with Crippen LogP contribution in [0.4, 0.5) is 8.78 Å². The molecular formula is C11H13BrF2N2O2. The Morgan fingerprint density at radius 3 is 2.78 bits per heavy atom. The van der Waals surface area contributed by atoms with Gasteiger partial charge in [-0.25, -0.2) is 13.8 Å². The number of pyridine rings is 1. The van der Waals surface area contributed by atoms with E-state index < -0.39 is 12.4 Å². The first kappa shape index (κ1) is 15.0. The number of hydrogen-bond donors (Lipinski definition) is 1. The highest BCUT2D eigenvalue weighted by atomic mass is 79.9. The van der Waals surface area contributed by atoms with E-state index in [4.69, 9.17) is 10.5 Å². The zero-order valence-electron chi connectivity index (χ0n) is 9.75. The first-order chi connectivity index (χ1) is 8.49. The standard InChI is InChI=1S/C11H13BrF2N2O2/c1-2-18-8(17)4-7-3-6(5-15)9(11(13)14)10(12)16-7/h3,11H,2,4-5,15H2,1H3. The smallest absolute Gasteiger partial charge is 0.311 e. The van der Waals surface area contributed by atoms with Crippen LogP contribution in [0.2, 0.25) is 0 Å². The van der Waals surface area contributed by atoms with E-state index in [1.165, 1.54) is 6.07 Å². The number of hydrogen-bond acceptors (Lipinski definition) is 4. The van der Waals surface area contributed by atoms with Crippen molar-refractivity contribution in [2.24, 2.45) is 5.73 Å². The number of rotatable bonds is 5. The average molecular weight is 323 g/mol. The van der Waals surface area contributed by atoms with Crippen LogP contribution >= 0.6 is 15.9 Å². The molecule has 100 valence electrons. The van der Waals surface area contributed by atoms with E-state index in [1.807, 2.05) is 0 Å². The highest BCUT2D eigenvalue weighted by Gasteiger charge is 2.19. The van der Waals surface area contributed by atoms with Gasteiger partial charge in [0.2, 0.25) is 0 Å². The van der Waals surface area contributed by atoms with Gasteiger partial charge in [-0.3, -0.25) is 4.79 Å². The fourth-order valence-electron chi connectivity index (χ4n) is 1.48. The first-order valence-corrected chi connectivity index (χ1v) is 6.10. The number of carbonyl (C=O) groups excluding carboxylic acids is 1. The van der Waals surface area contributed by atoms with Crippen LogP contribution in [0.5, 0.6) is 0 Å². The first-order valence-electron chi connectivity index (χ1n) is 5.31. The fourth-order valence-corrected chi connectivity index (χ4v) is 2.13. The number of carbonyl (C=O) groups is 1.